The molecule has 118 valence electrons. The second kappa shape index (κ2) is 20.0. The normalized spacial score (nSPS) is 6.05. The van der Waals surface area contributed by atoms with Gasteiger partial charge in [0.05, 0.1) is 11.1 Å². The second-order valence-electron chi connectivity index (χ2n) is 2.23. The number of carboxylic acid groups (broad SMARTS) is 1. The van der Waals surface area contributed by atoms with Crippen LogP contribution in [0.2, 0.25) is 0 Å². The third-order valence-electron chi connectivity index (χ3n) is 1.46. The Labute approximate surface area is 128 Å². The van der Waals surface area contributed by atoms with Gasteiger partial charge in [0.15, 0.2) is 0 Å². The van der Waals surface area contributed by atoms with Crippen molar-refractivity contribution in [3.05, 3.63) is 35.4 Å². The van der Waals surface area contributed by atoms with Crippen LogP contribution in [0, 0.1) is 0 Å². The summed E-state index contributed by atoms with van der Waals surface area (Å²) in [6.07, 6.45) is 0. The fourth-order valence-electron chi connectivity index (χ4n) is 0.897. The van der Waals surface area contributed by atoms with E-state index in [0.717, 1.165) is 0 Å². The largest absolute Gasteiger partial charge is 0.478 e. The first-order chi connectivity index (χ1) is 6.16. The fourth-order valence-corrected chi connectivity index (χ4v) is 0.897. The van der Waals surface area contributed by atoms with E-state index in [0.29, 0.717) is 0 Å². The van der Waals surface area contributed by atoms with Gasteiger partial charge in [0.2, 0.25) is 0 Å². The summed E-state index contributed by atoms with van der Waals surface area (Å²) in [4.78, 5) is 24.8. The minimum atomic E-state index is -1.25. The third kappa shape index (κ3) is 10.6. The zero-order valence-electron chi connectivity index (χ0n) is 10.1. The number of carboxylic acids is 1. The Bertz CT molecular complexity index is 356. The number of benzene rings is 1. The van der Waals surface area contributed by atoms with Gasteiger partial charge in [0.1, 0.15) is 0 Å². The fraction of sp³-hybridized carbons (Fsp3) is 0. The van der Waals surface area contributed by atoms with E-state index in [-0.39, 0.29) is 67.0 Å². The van der Waals surface area contributed by atoms with E-state index in [4.69, 9.17) is 10.4 Å². The molecule has 1 aromatic rings. The number of aromatic carboxylic acids is 1. The van der Waals surface area contributed by atoms with Gasteiger partial charge in [-0.2, -0.15) is 5.26 Å². The highest BCUT2D eigenvalue weighted by Gasteiger charge is 2.16. The van der Waals surface area contributed by atoms with Crippen molar-refractivity contribution >= 4 is 35.0 Å². The van der Waals surface area contributed by atoms with Crippen LogP contribution in [0.3, 0.4) is 0 Å². The summed E-state index contributed by atoms with van der Waals surface area (Å²) in [5.41, 5.74) is -0.390. The van der Waals surface area contributed by atoms with Crippen molar-refractivity contribution in [2.75, 3.05) is 0 Å². The van der Waals surface area contributed by atoms with Crippen LogP contribution in [0.25, 0.3) is 0 Å². The summed E-state index contributed by atoms with van der Waals surface area (Å²) in [7, 11) is 0. The molecule has 0 saturated carbocycles. The molecule has 11 nitrogen and oxygen atoms in total. The first-order valence-electron chi connectivity index (χ1n) is 3.35. The molecule has 0 amide bonds. The van der Waals surface area contributed by atoms with E-state index in [9.17, 15) is 9.59 Å². The maximum atomic E-state index is 10.8. The first-order valence-corrected chi connectivity index (χ1v) is 3.35. The minimum absolute atomic E-state index is 0. The van der Waals surface area contributed by atoms with Crippen molar-refractivity contribution in [3.8, 4) is 0 Å². The molecule has 1 aromatic carbocycles. The molecule has 0 aliphatic rings. The summed E-state index contributed by atoms with van der Waals surface area (Å²) in [5.74, 6) is -2.33. The quantitative estimate of drug-likeness (QED) is 0.310. The van der Waals surface area contributed by atoms with Gasteiger partial charge in [-0.3, -0.25) is 4.89 Å². The van der Waals surface area contributed by atoms with E-state index in [1.54, 1.807) is 0 Å². The summed E-state index contributed by atoms with van der Waals surface area (Å²) in [6, 6.07) is 5.44. The molecule has 0 aliphatic carbocycles. The topological polar surface area (TPSA) is 273 Å². The maximum Gasteiger partial charge on any atom is 0.373 e. The van der Waals surface area contributed by atoms with Gasteiger partial charge in [-0.25, -0.2) is 9.59 Å². The van der Waals surface area contributed by atoms with Gasteiger partial charge in [-0.05, 0) is 12.1 Å². The molecule has 0 aromatic heterocycles. The average molecular weight is 315 g/mol. The molecule has 14 N–H and O–H groups in total. The van der Waals surface area contributed by atoms with Crippen molar-refractivity contribution in [2.45, 2.75) is 0 Å². The Balaban J connectivity index is -0.0000000483. The van der Waals surface area contributed by atoms with Gasteiger partial charge < -0.3 is 38.0 Å². The molecule has 0 aliphatic heterocycles. The van der Waals surface area contributed by atoms with Crippen LogP contribution in [0.15, 0.2) is 24.3 Å². The number of hydrogen-bond donors (Lipinski definition) is 2. The summed E-state index contributed by atoms with van der Waals surface area (Å²) in [6.45, 7) is 0. The van der Waals surface area contributed by atoms with E-state index in [1.807, 2.05) is 0 Å². The summed E-state index contributed by atoms with van der Waals surface area (Å²) in [5, 5.41) is 16.7. The predicted molar refractivity (Wildman–Crippen MR) is 68.9 cm³/mol. The van der Waals surface area contributed by atoms with Crippen LogP contribution in [-0.4, -0.2) is 78.2 Å². The number of carbonyl (C=O) groups excluding carboxylic acids is 1. The molecule has 2 radical (unpaired) electrons. The van der Waals surface area contributed by atoms with Gasteiger partial charge in [-0.15, -0.1) is 0 Å². The lowest BCUT2D eigenvalue weighted by Crippen LogP contribution is -2.09. The van der Waals surface area contributed by atoms with Gasteiger partial charge >= 0.3 is 11.9 Å². The average Bonchev–Trinajstić information content (AvgIpc) is 2.16. The van der Waals surface area contributed by atoms with Gasteiger partial charge in [0.25, 0.3) is 0 Å². The van der Waals surface area contributed by atoms with Crippen LogP contribution >= 0.6 is 0 Å². The second-order valence-corrected chi connectivity index (χ2v) is 2.23. The SMILES string of the molecule is O.O.O.O.O.O.O=C(O)c1ccccc1C(=O)OO.[Mg]. The Morgan fingerprint density at radius 3 is 1.50 bits per heavy atom. The Kier molecular flexibility index (Phi) is 42.8. The van der Waals surface area contributed by atoms with E-state index < -0.39 is 11.9 Å². The van der Waals surface area contributed by atoms with Crippen molar-refractivity contribution in [2.24, 2.45) is 0 Å². The molecule has 20 heavy (non-hydrogen) atoms. The van der Waals surface area contributed by atoms with Crippen molar-refractivity contribution < 1.29 is 57.7 Å². The summed E-state index contributed by atoms with van der Waals surface area (Å²) >= 11 is 0. The molecule has 0 fully saturated rings. The third-order valence-corrected chi connectivity index (χ3v) is 1.46. The number of rotatable bonds is 2. The summed E-state index contributed by atoms with van der Waals surface area (Å²) < 4.78 is 0. The lowest BCUT2D eigenvalue weighted by molar-refractivity contribution is -0.182. The maximum absolute atomic E-state index is 10.8. The highest BCUT2D eigenvalue weighted by molar-refractivity contribution is 6.02. The van der Waals surface area contributed by atoms with Gasteiger partial charge in [0, 0.05) is 23.1 Å². The van der Waals surface area contributed by atoms with Crippen LogP contribution in [0.4, 0.5) is 0 Å². The molecule has 0 atom stereocenters. The molecule has 0 spiro atoms. The predicted octanol–water partition coefficient (Wildman–Crippen LogP) is -4.31. The molecular weight excluding hydrogens is 296 g/mol. The lowest BCUT2D eigenvalue weighted by Gasteiger charge is -2.00. The molecule has 12 heteroatoms. The molecule has 1 rings (SSSR count). The van der Waals surface area contributed by atoms with E-state index in [2.05, 4.69) is 4.89 Å². The molecular formula is C8H18MgO11. The first kappa shape index (κ1) is 42.8. The Hall–Kier alpha value is -1.35. The van der Waals surface area contributed by atoms with Crippen LogP contribution in [0.5, 0.6) is 0 Å². The standard InChI is InChI=1S/C8H6O5.Mg.6H2O/c9-7(10)5-3-1-2-4-6(5)8(11)13-12;;;;;;;/h1-4,12H,(H,9,10);;6*1H2. The molecule has 0 saturated heterocycles. The van der Waals surface area contributed by atoms with Crippen molar-refractivity contribution in [1.82, 2.24) is 0 Å². The van der Waals surface area contributed by atoms with E-state index in [1.165, 1.54) is 24.3 Å². The Morgan fingerprint density at radius 2 is 1.20 bits per heavy atom. The van der Waals surface area contributed by atoms with Crippen LogP contribution in [0.1, 0.15) is 20.7 Å². The minimum Gasteiger partial charge on any atom is -0.478 e. The molecule has 0 bridgehead atoms. The molecule has 0 heterocycles. The molecule has 0 unspecified atom stereocenters. The zero-order chi connectivity index (χ0) is 9.84. The zero-order valence-corrected chi connectivity index (χ0v) is 11.5. The van der Waals surface area contributed by atoms with E-state index >= 15 is 0 Å². The van der Waals surface area contributed by atoms with Crippen molar-refractivity contribution in [1.29, 1.82) is 0 Å². The van der Waals surface area contributed by atoms with Crippen molar-refractivity contribution in [3.63, 3.8) is 0 Å². The smallest absolute Gasteiger partial charge is 0.373 e. The van der Waals surface area contributed by atoms with Crippen LogP contribution in [-0.2, 0) is 4.89 Å². The van der Waals surface area contributed by atoms with Crippen LogP contribution < -0.4 is 0 Å². The highest BCUT2D eigenvalue weighted by Crippen LogP contribution is 2.09. The lowest BCUT2D eigenvalue weighted by atomic mass is 10.1. The monoisotopic (exact) mass is 314 g/mol. The van der Waals surface area contributed by atoms with Gasteiger partial charge in [-0.1, -0.05) is 12.1 Å². The Morgan fingerprint density at radius 1 is 0.850 bits per heavy atom. The number of carbonyl (C=O) groups is 2. The highest BCUT2D eigenvalue weighted by atomic mass is 24.3. The number of hydrogen-bond acceptors (Lipinski definition) is 4.